The second-order valence-electron chi connectivity index (χ2n) is 8.97. The maximum atomic E-state index is 6.59. The van der Waals surface area contributed by atoms with Crippen molar-refractivity contribution in [1.29, 1.82) is 0 Å². The number of fused-ring (bicyclic) bond motifs is 1. The van der Waals surface area contributed by atoms with Gasteiger partial charge in [0.2, 0.25) is 0 Å². The molecule has 166 valence electrons. The van der Waals surface area contributed by atoms with E-state index in [2.05, 4.69) is 24.8 Å². The SMILES string of the molecule is Nc1nc(N2CCC3(CC2)Cc2ncoc2[C@H]3N)cnc1Sc1ccnc(C2CC2)c1Cl. The van der Waals surface area contributed by atoms with E-state index in [4.69, 9.17) is 27.5 Å². The minimum Gasteiger partial charge on any atom is -0.447 e. The van der Waals surface area contributed by atoms with Crippen LogP contribution in [0.25, 0.3) is 0 Å². The summed E-state index contributed by atoms with van der Waals surface area (Å²) in [5, 5.41) is 1.36. The van der Waals surface area contributed by atoms with Gasteiger partial charge < -0.3 is 20.8 Å². The lowest BCUT2D eigenvalue weighted by Crippen LogP contribution is -2.44. The van der Waals surface area contributed by atoms with Crippen molar-refractivity contribution in [2.24, 2.45) is 11.1 Å². The van der Waals surface area contributed by atoms with Gasteiger partial charge in [0.05, 0.1) is 28.6 Å². The number of halogens is 1. The predicted molar refractivity (Wildman–Crippen MR) is 123 cm³/mol. The summed E-state index contributed by atoms with van der Waals surface area (Å²) in [4.78, 5) is 21.2. The summed E-state index contributed by atoms with van der Waals surface area (Å²) >= 11 is 8.04. The Labute approximate surface area is 195 Å². The van der Waals surface area contributed by atoms with Crippen LogP contribution in [0, 0.1) is 5.41 Å². The van der Waals surface area contributed by atoms with Crippen molar-refractivity contribution in [3.05, 3.63) is 47.0 Å². The van der Waals surface area contributed by atoms with E-state index < -0.39 is 0 Å². The van der Waals surface area contributed by atoms with E-state index in [0.717, 1.165) is 73.1 Å². The fourth-order valence-corrected chi connectivity index (χ4v) is 6.10. The molecular weight excluding hydrogens is 446 g/mol. The summed E-state index contributed by atoms with van der Waals surface area (Å²) < 4.78 is 5.53. The monoisotopic (exact) mass is 469 g/mol. The van der Waals surface area contributed by atoms with Gasteiger partial charge in [-0.1, -0.05) is 23.4 Å². The number of anilines is 2. The molecule has 1 aliphatic heterocycles. The number of hydrogen-bond acceptors (Lipinski definition) is 9. The van der Waals surface area contributed by atoms with Crippen molar-refractivity contribution in [1.82, 2.24) is 19.9 Å². The molecule has 0 bridgehead atoms. The molecule has 3 aromatic rings. The molecule has 8 nitrogen and oxygen atoms in total. The molecular formula is C22H24ClN7OS. The zero-order valence-corrected chi connectivity index (χ0v) is 19.1. The lowest BCUT2D eigenvalue weighted by atomic mass is 9.73. The first-order valence-electron chi connectivity index (χ1n) is 10.9. The summed E-state index contributed by atoms with van der Waals surface area (Å²) in [7, 11) is 0. The van der Waals surface area contributed by atoms with E-state index in [0.29, 0.717) is 21.8 Å². The van der Waals surface area contributed by atoms with Crippen LogP contribution in [-0.4, -0.2) is 33.0 Å². The molecule has 2 aliphatic carbocycles. The second-order valence-corrected chi connectivity index (χ2v) is 10.4. The van der Waals surface area contributed by atoms with E-state index in [-0.39, 0.29) is 11.5 Å². The van der Waals surface area contributed by atoms with Crippen LogP contribution in [0.1, 0.15) is 54.8 Å². The van der Waals surface area contributed by atoms with E-state index in [1.807, 2.05) is 6.07 Å². The van der Waals surface area contributed by atoms with Crippen LogP contribution in [0.15, 0.2) is 39.2 Å². The van der Waals surface area contributed by atoms with Gasteiger partial charge in [-0.3, -0.25) is 4.98 Å². The number of rotatable bonds is 4. The highest BCUT2D eigenvalue weighted by atomic mass is 35.5. The van der Waals surface area contributed by atoms with Crippen LogP contribution in [0.5, 0.6) is 0 Å². The number of nitrogens with zero attached hydrogens (tertiary/aromatic N) is 5. The largest absolute Gasteiger partial charge is 0.447 e. The summed E-state index contributed by atoms with van der Waals surface area (Å²) in [5.74, 6) is 2.54. The summed E-state index contributed by atoms with van der Waals surface area (Å²) in [6.45, 7) is 1.69. The lowest BCUT2D eigenvalue weighted by Gasteiger charge is -2.42. The number of pyridine rings is 1. The normalized spacial score (nSPS) is 21.8. The van der Waals surface area contributed by atoms with Crippen LogP contribution < -0.4 is 16.4 Å². The molecule has 1 saturated heterocycles. The molecule has 1 atom stereocenters. The maximum absolute atomic E-state index is 6.59. The average molecular weight is 470 g/mol. The van der Waals surface area contributed by atoms with Gasteiger partial charge in [0.25, 0.3) is 0 Å². The van der Waals surface area contributed by atoms with Gasteiger partial charge in [-0.05, 0) is 31.7 Å². The van der Waals surface area contributed by atoms with Gasteiger partial charge in [-0.15, -0.1) is 0 Å². The molecule has 2 fully saturated rings. The third-order valence-electron chi connectivity index (χ3n) is 7.02. The Hall–Kier alpha value is -2.36. The second kappa shape index (κ2) is 7.60. The smallest absolute Gasteiger partial charge is 0.181 e. The lowest BCUT2D eigenvalue weighted by molar-refractivity contribution is 0.173. The van der Waals surface area contributed by atoms with E-state index in [1.54, 1.807) is 12.4 Å². The first kappa shape index (κ1) is 20.3. The Morgan fingerprint density at radius 1 is 1.19 bits per heavy atom. The fourth-order valence-electron chi connectivity index (χ4n) is 4.93. The first-order chi connectivity index (χ1) is 15.5. The molecule has 32 heavy (non-hydrogen) atoms. The topological polar surface area (TPSA) is 120 Å². The molecule has 0 amide bonds. The Kier molecular flexibility index (Phi) is 4.81. The molecule has 4 heterocycles. The van der Waals surface area contributed by atoms with Crippen LogP contribution in [0.4, 0.5) is 11.6 Å². The third-order valence-corrected chi connectivity index (χ3v) is 8.60. The zero-order valence-electron chi connectivity index (χ0n) is 17.5. The van der Waals surface area contributed by atoms with Crippen LogP contribution in [-0.2, 0) is 6.42 Å². The van der Waals surface area contributed by atoms with Crippen molar-refractivity contribution >= 4 is 35.0 Å². The number of hydrogen-bond donors (Lipinski definition) is 2. The molecule has 3 aromatic heterocycles. The van der Waals surface area contributed by atoms with E-state index in [1.165, 1.54) is 18.2 Å². The zero-order chi connectivity index (χ0) is 21.9. The average Bonchev–Trinajstić information content (AvgIpc) is 3.49. The highest BCUT2D eigenvalue weighted by molar-refractivity contribution is 7.99. The minimum atomic E-state index is -0.0947. The molecule has 6 rings (SSSR count). The number of oxazole rings is 1. The summed E-state index contributed by atoms with van der Waals surface area (Å²) in [5.41, 5.74) is 14.8. The Morgan fingerprint density at radius 3 is 2.72 bits per heavy atom. The molecule has 0 unspecified atom stereocenters. The van der Waals surface area contributed by atoms with Gasteiger partial charge in [0.1, 0.15) is 16.6 Å². The fraction of sp³-hybridized carbons (Fsp3) is 0.455. The quantitative estimate of drug-likeness (QED) is 0.584. The molecule has 0 radical (unpaired) electrons. The van der Waals surface area contributed by atoms with Crippen LogP contribution in [0.3, 0.4) is 0 Å². The maximum Gasteiger partial charge on any atom is 0.181 e. The third kappa shape index (κ3) is 3.34. The summed E-state index contributed by atoms with van der Waals surface area (Å²) in [6.07, 6.45) is 10.2. The van der Waals surface area contributed by atoms with Crippen LogP contribution in [0.2, 0.25) is 5.02 Å². The molecule has 10 heteroatoms. The Bertz CT molecular complexity index is 1170. The highest BCUT2D eigenvalue weighted by Crippen LogP contribution is 2.51. The van der Waals surface area contributed by atoms with Crippen molar-refractivity contribution < 1.29 is 4.42 Å². The van der Waals surface area contributed by atoms with Crippen molar-refractivity contribution in [2.75, 3.05) is 23.7 Å². The number of nitrogen functional groups attached to an aromatic ring is 1. The van der Waals surface area contributed by atoms with Gasteiger partial charge in [-0.25, -0.2) is 15.0 Å². The number of piperidine rings is 1. The molecule has 3 aliphatic rings. The molecule has 4 N–H and O–H groups in total. The Morgan fingerprint density at radius 2 is 2.00 bits per heavy atom. The van der Waals surface area contributed by atoms with Gasteiger partial charge in [-0.2, -0.15) is 0 Å². The number of aromatic nitrogens is 4. The van der Waals surface area contributed by atoms with Gasteiger partial charge in [0, 0.05) is 41.9 Å². The van der Waals surface area contributed by atoms with E-state index >= 15 is 0 Å². The Balaban J connectivity index is 1.16. The minimum absolute atomic E-state index is 0.0189. The molecule has 0 aromatic carbocycles. The summed E-state index contributed by atoms with van der Waals surface area (Å²) in [6, 6.07) is 1.81. The van der Waals surface area contributed by atoms with Gasteiger partial charge in [0.15, 0.2) is 12.2 Å². The van der Waals surface area contributed by atoms with Crippen molar-refractivity contribution in [3.63, 3.8) is 0 Å². The first-order valence-corrected chi connectivity index (χ1v) is 12.1. The number of nitrogens with two attached hydrogens (primary N) is 2. The van der Waals surface area contributed by atoms with Crippen molar-refractivity contribution in [2.45, 2.75) is 54.0 Å². The molecule has 1 spiro atoms. The highest BCUT2D eigenvalue weighted by Gasteiger charge is 2.48. The van der Waals surface area contributed by atoms with Crippen LogP contribution >= 0.6 is 23.4 Å². The van der Waals surface area contributed by atoms with E-state index in [9.17, 15) is 0 Å². The standard InChI is InChI=1S/C22H24ClN7OS/c23-16-14(3-6-26-17(16)12-1-2-12)32-21-20(25)29-15(10-27-21)30-7-4-22(5-8-30)9-13-18(19(22)24)31-11-28-13/h3,6,10-12,19H,1-2,4-5,7-9,24H2,(H2,25,29)/t19-/m1/s1. The van der Waals surface area contributed by atoms with Crippen molar-refractivity contribution in [3.8, 4) is 0 Å². The van der Waals surface area contributed by atoms with Gasteiger partial charge >= 0.3 is 0 Å². The molecule has 1 saturated carbocycles. The predicted octanol–water partition coefficient (Wildman–Crippen LogP) is 3.97.